The van der Waals surface area contributed by atoms with Crippen molar-refractivity contribution in [2.45, 2.75) is 60.3 Å². The highest BCUT2D eigenvalue weighted by Gasteiger charge is 2.59. The van der Waals surface area contributed by atoms with E-state index in [1.54, 1.807) is 12.1 Å². The number of benzene rings is 1. The van der Waals surface area contributed by atoms with Crippen LogP contribution in [0.3, 0.4) is 0 Å². The Hall–Kier alpha value is -1.84. The monoisotopic (exact) mass is 371 g/mol. The number of rotatable bonds is 3. The van der Waals surface area contributed by atoms with Crippen molar-refractivity contribution in [2.24, 2.45) is 40.2 Å². The molecule has 4 nitrogen and oxygen atoms in total. The molecule has 1 amide bonds. The second kappa shape index (κ2) is 6.65. The van der Waals surface area contributed by atoms with Gasteiger partial charge in [-0.05, 0) is 72.6 Å². The third-order valence-electron chi connectivity index (χ3n) is 7.63. The number of hydrogen-bond donors (Lipinski definition) is 2. The van der Waals surface area contributed by atoms with Gasteiger partial charge in [-0.25, -0.2) is 0 Å². The van der Waals surface area contributed by atoms with E-state index in [0.717, 1.165) is 31.2 Å². The summed E-state index contributed by atoms with van der Waals surface area (Å²) in [6, 6.07) is 5.05. The summed E-state index contributed by atoms with van der Waals surface area (Å²) in [6.07, 6.45) is 3.96. The molecule has 148 valence electrons. The number of nitrogens with two attached hydrogens (primary N) is 1. The van der Waals surface area contributed by atoms with Gasteiger partial charge in [0.15, 0.2) is 5.78 Å². The molecular formula is C23H33NO3. The first-order valence-electron chi connectivity index (χ1n) is 10.1. The Morgan fingerprint density at radius 3 is 2.41 bits per heavy atom. The predicted molar refractivity (Wildman–Crippen MR) is 106 cm³/mol. The quantitative estimate of drug-likeness (QED) is 0.769. The van der Waals surface area contributed by atoms with Crippen LogP contribution in [-0.2, 0) is 4.79 Å². The molecule has 5 atom stereocenters. The molecule has 5 unspecified atom stereocenters. The van der Waals surface area contributed by atoms with Crippen molar-refractivity contribution < 1.29 is 14.7 Å². The summed E-state index contributed by atoms with van der Waals surface area (Å²) in [4.78, 5) is 25.9. The van der Waals surface area contributed by atoms with Crippen LogP contribution in [0.4, 0.5) is 0 Å². The summed E-state index contributed by atoms with van der Waals surface area (Å²) >= 11 is 0. The number of hydrogen-bond acceptors (Lipinski definition) is 3. The van der Waals surface area contributed by atoms with E-state index in [1.165, 1.54) is 0 Å². The van der Waals surface area contributed by atoms with Crippen LogP contribution in [0, 0.1) is 41.4 Å². The minimum Gasteiger partial charge on any atom is -0.508 e. The molecule has 0 saturated heterocycles. The Bertz CT molecular complexity index is 749. The van der Waals surface area contributed by atoms with Gasteiger partial charge in [0.25, 0.3) is 0 Å². The number of carbonyl (C=O) groups is 2. The summed E-state index contributed by atoms with van der Waals surface area (Å²) in [6.45, 7) is 10.7. The number of ketones is 1. The molecule has 2 saturated carbocycles. The molecule has 3 N–H and O–H groups in total. The molecule has 4 heteroatoms. The van der Waals surface area contributed by atoms with Crippen molar-refractivity contribution in [3.8, 4) is 5.75 Å². The largest absolute Gasteiger partial charge is 0.508 e. The normalized spacial score (nSPS) is 35.3. The molecule has 2 aliphatic carbocycles. The van der Waals surface area contributed by atoms with Crippen LogP contribution in [0.15, 0.2) is 18.2 Å². The summed E-state index contributed by atoms with van der Waals surface area (Å²) in [5, 5.41) is 10.0. The van der Waals surface area contributed by atoms with Crippen molar-refractivity contribution in [3.63, 3.8) is 0 Å². The number of amides is 1. The van der Waals surface area contributed by atoms with E-state index in [4.69, 9.17) is 5.73 Å². The van der Waals surface area contributed by atoms with E-state index < -0.39 is 0 Å². The van der Waals surface area contributed by atoms with E-state index in [9.17, 15) is 14.7 Å². The van der Waals surface area contributed by atoms with Crippen LogP contribution in [0.25, 0.3) is 0 Å². The molecule has 1 aromatic rings. The summed E-state index contributed by atoms with van der Waals surface area (Å²) in [5.41, 5.74) is 7.08. The maximum Gasteiger partial charge on any atom is 0.220 e. The average Bonchev–Trinajstić information content (AvgIpc) is 2.52. The number of aryl methyl sites for hydroxylation is 1. The van der Waals surface area contributed by atoms with Gasteiger partial charge in [-0.1, -0.05) is 34.1 Å². The number of Topliss-reactive ketones (excluding diaryl/α,β-unsaturated/α-hetero) is 1. The molecule has 27 heavy (non-hydrogen) atoms. The third-order valence-corrected chi connectivity index (χ3v) is 7.63. The highest BCUT2D eigenvalue weighted by atomic mass is 16.3. The zero-order valence-corrected chi connectivity index (χ0v) is 17.2. The standard InChI is InChI=1S/C23H33NO3/c1-13-9-15(11-16(25)10-13)20(26)19-14(2)17(21(24)27)12-18-22(3,4)7-6-8-23(18,19)5/h9-11,14,17-19,25H,6-8,12H2,1-5H3,(H2,24,27). The van der Waals surface area contributed by atoms with E-state index in [1.807, 2.05) is 19.9 Å². The molecule has 0 bridgehead atoms. The fraction of sp³-hybridized carbons (Fsp3) is 0.652. The highest BCUT2D eigenvalue weighted by molar-refractivity contribution is 5.99. The van der Waals surface area contributed by atoms with Gasteiger partial charge in [-0.2, -0.15) is 0 Å². The van der Waals surface area contributed by atoms with Crippen LogP contribution in [0.1, 0.15) is 69.3 Å². The summed E-state index contributed by atoms with van der Waals surface area (Å²) in [7, 11) is 0. The Morgan fingerprint density at radius 2 is 1.81 bits per heavy atom. The minimum absolute atomic E-state index is 0.0395. The molecule has 0 radical (unpaired) electrons. The number of fused-ring (bicyclic) bond motifs is 1. The zero-order valence-electron chi connectivity index (χ0n) is 17.2. The first kappa shape index (κ1) is 19.9. The van der Waals surface area contributed by atoms with Gasteiger partial charge in [0.05, 0.1) is 0 Å². The third kappa shape index (κ3) is 3.28. The predicted octanol–water partition coefficient (Wildman–Crippen LogP) is 4.47. The maximum absolute atomic E-state index is 13.7. The molecule has 0 aliphatic heterocycles. The van der Waals surface area contributed by atoms with E-state index in [-0.39, 0.29) is 51.9 Å². The van der Waals surface area contributed by atoms with E-state index in [2.05, 4.69) is 20.8 Å². The van der Waals surface area contributed by atoms with Crippen molar-refractivity contribution >= 4 is 11.7 Å². The Kier molecular flexibility index (Phi) is 4.90. The van der Waals surface area contributed by atoms with Crippen LogP contribution >= 0.6 is 0 Å². The lowest BCUT2D eigenvalue weighted by molar-refractivity contribution is -0.138. The lowest BCUT2D eigenvalue weighted by Gasteiger charge is -2.60. The fourth-order valence-corrected chi connectivity index (χ4v) is 6.43. The summed E-state index contributed by atoms with van der Waals surface area (Å²) in [5.74, 6) is -0.526. The van der Waals surface area contributed by atoms with Crippen molar-refractivity contribution in [2.75, 3.05) is 0 Å². The minimum atomic E-state index is -0.296. The maximum atomic E-state index is 13.7. The molecule has 2 aliphatic rings. The molecule has 0 heterocycles. The molecule has 0 spiro atoms. The molecule has 2 fully saturated rings. The number of aromatic hydroxyl groups is 1. The second-order valence-electron chi connectivity index (χ2n) is 9.90. The van der Waals surface area contributed by atoms with Crippen LogP contribution in [-0.4, -0.2) is 16.8 Å². The van der Waals surface area contributed by atoms with E-state index in [0.29, 0.717) is 5.56 Å². The van der Waals surface area contributed by atoms with Gasteiger partial charge in [0.1, 0.15) is 5.75 Å². The lowest BCUT2D eigenvalue weighted by Crippen LogP contribution is -2.57. The van der Waals surface area contributed by atoms with E-state index >= 15 is 0 Å². The van der Waals surface area contributed by atoms with Gasteiger partial charge in [-0.15, -0.1) is 0 Å². The van der Waals surface area contributed by atoms with Gasteiger partial charge >= 0.3 is 0 Å². The Labute approximate surface area is 162 Å². The van der Waals surface area contributed by atoms with Gasteiger partial charge in [-0.3, -0.25) is 9.59 Å². The molecule has 0 aromatic heterocycles. The van der Waals surface area contributed by atoms with Crippen LogP contribution < -0.4 is 5.73 Å². The van der Waals surface area contributed by atoms with Gasteiger partial charge < -0.3 is 10.8 Å². The SMILES string of the molecule is Cc1cc(O)cc(C(=O)C2C(C)C(C(N)=O)CC3C(C)(C)CCCC23C)c1. The average molecular weight is 372 g/mol. The Morgan fingerprint density at radius 1 is 1.15 bits per heavy atom. The molecule has 3 rings (SSSR count). The van der Waals surface area contributed by atoms with Gasteiger partial charge in [0.2, 0.25) is 5.91 Å². The number of phenols is 1. The number of carbonyl (C=O) groups excluding carboxylic acids is 2. The molecular weight excluding hydrogens is 338 g/mol. The first-order valence-corrected chi connectivity index (χ1v) is 10.1. The van der Waals surface area contributed by atoms with Gasteiger partial charge in [0, 0.05) is 17.4 Å². The van der Waals surface area contributed by atoms with Crippen molar-refractivity contribution in [3.05, 3.63) is 29.3 Å². The molecule has 1 aromatic carbocycles. The zero-order chi connectivity index (χ0) is 20.1. The number of phenolic OH excluding ortho intramolecular Hbond substituents is 1. The van der Waals surface area contributed by atoms with Crippen molar-refractivity contribution in [1.29, 1.82) is 0 Å². The topological polar surface area (TPSA) is 80.4 Å². The van der Waals surface area contributed by atoms with Crippen LogP contribution in [0.5, 0.6) is 5.75 Å². The summed E-state index contributed by atoms with van der Waals surface area (Å²) < 4.78 is 0. The smallest absolute Gasteiger partial charge is 0.220 e. The Balaban J connectivity index is 2.11. The first-order chi connectivity index (χ1) is 12.5. The second-order valence-corrected chi connectivity index (χ2v) is 9.90. The highest BCUT2D eigenvalue weighted by Crippen LogP contribution is 2.62. The van der Waals surface area contributed by atoms with Crippen molar-refractivity contribution in [1.82, 2.24) is 0 Å². The van der Waals surface area contributed by atoms with Crippen LogP contribution in [0.2, 0.25) is 0 Å². The lowest BCUT2D eigenvalue weighted by atomic mass is 9.44. The number of primary amides is 1. The fourth-order valence-electron chi connectivity index (χ4n) is 6.43.